The average Bonchev–Trinajstić information content (AvgIpc) is 3.18. The number of nitrogens with zero attached hydrogens (tertiary/aromatic N) is 2. The molecule has 0 unspecified atom stereocenters. The van der Waals surface area contributed by atoms with Gasteiger partial charge in [-0.05, 0) is 31.4 Å². The third-order valence-corrected chi connectivity index (χ3v) is 3.79. The van der Waals surface area contributed by atoms with Gasteiger partial charge in [0.2, 0.25) is 0 Å². The summed E-state index contributed by atoms with van der Waals surface area (Å²) in [7, 11) is 0. The monoisotopic (exact) mass is 251 g/mol. The fraction of sp³-hybridized carbons (Fsp3) is 0.692. The highest BCUT2D eigenvalue weighted by Gasteiger charge is 2.27. The summed E-state index contributed by atoms with van der Waals surface area (Å²) in [6.07, 6.45) is 4.83. The predicted molar refractivity (Wildman–Crippen MR) is 73.8 cm³/mol. The van der Waals surface area contributed by atoms with Crippen LogP contribution in [0, 0.1) is 0 Å². The van der Waals surface area contributed by atoms with Crippen molar-refractivity contribution in [1.82, 2.24) is 9.97 Å². The first-order valence-electron chi connectivity index (χ1n) is 6.59. The molecular formula is C13H21N3S. The maximum atomic E-state index is 4.65. The van der Waals surface area contributed by atoms with Gasteiger partial charge in [0.05, 0.1) is 0 Å². The zero-order valence-corrected chi connectivity index (χ0v) is 11.5. The van der Waals surface area contributed by atoms with Crippen molar-refractivity contribution < 1.29 is 0 Å². The van der Waals surface area contributed by atoms with Crippen molar-refractivity contribution in [3.63, 3.8) is 0 Å². The highest BCUT2D eigenvalue weighted by atomic mass is 32.2. The Hall–Kier alpha value is -0.770. The smallest absolute Gasteiger partial charge is 0.135 e. The Kier molecular flexibility index (Phi) is 4.66. The number of rotatable bonds is 7. The molecule has 0 atom stereocenters. The lowest BCUT2D eigenvalue weighted by Crippen LogP contribution is -2.05. The molecule has 0 saturated heterocycles. The van der Waals surface area contributed by atoms with Crippen LogP contribution in [0.4, 0.5) is 5.82 Å². The minimum Gasteiger partial charge on any atom is -0.370 e. The predicted octanol–water partition coefficient (Wildman–Crippen LogP) is 3.68. The number of anilines is 1. The standard InChI is InChI=1S/C13H21N3S/c1-3-7-14-11-9-12(17-8-4-2)16-13(15-11)10-5-6-10/h9-10H,3-8H2,1-2H3,(H,14,15,16). The highest BCUT2D eigenvalue weighted by Crippen LogP contribution is 2.39. The van der Waals surface area contributed by atoms with Gasteiger partial charge < -0.3 is 5.32 Å². The van der Waals surface area contributed by atoms with Crippen molar-refractivity contribution in [3.8, 4) is 0 Å². The van der Waals surface area contributed by atoms with E-state index in [0.29, 0.717) is 5.92 Å². The van der Waals surface area contributed by atoms with Crippen LogP contribution < -0.4 is 5.32 Å². The number of hydrogen-bond acceptors (Lipinski definition) is 4. The van der Waals surface area contributed by atoms with Crippen LogP contribution in [0.1, 0.15) is 51.3 Å². The molecule has 2 rings (SSSR count). The van der Waals surface area contributed by atoms with Gasteiger partial charge in [-0.3, -0.25) is 0 Å². The number of aromatic nitrogens is 2. The largest absolute Gasteiger partial charge is 0.370 e. The van der Waals surface area contributed by atoms with E-state index in [1.165, 1.54) is 19.3 Å². The van der Waals surface area contributed by atoms with E-state index < -0.39 is 0 Å². The lowest BCUT2D eigenvalue weighted by molar-refractivity contribution is 0.868. The Morgan fingerprint density at radius 1 is 1.29 bits per heavy atom. The second-order valence-electron chi connectivity index (χ2n) is 4.50. The summed E-state index contributed by atoms with van der Waals surface area (Å²) in [6, 6.07) is 2.09. The number of hydrogen-bond donors (Lipinski definition) is 1. The molecule has 1 aromatic heterocycles. The van der Waals surface area contributed by atoms with Crippen LogP contribution in [0.2, 0.25) is 0 Å². The van der Waals surface area contributed by atoms with Gasteiger partial charge in [0.1, 0.15) is 16.7 Å². The van der Waals surface area contributed by atoms with Gasteiger partial charge in [-0.15, -0.1) is 11.8 Å². The Labute approximate surface area is 108 Å². The van der Waals surface area contributed by atoms with Crippen LogP contribution in [0.25, 0.3) is 0 Å². The maximum Gasteiger partial charge on any atom is 0.135 e. The fourth-order valence-electron chi connectivity index (χ4n) is 1.59. The van der Waals surface area contributed by atoms with E-state index in [2.05, 4.69) is 35.2 Å². The van der Waals surface area contributed by atoms with Gasteiger partial charge in [-0.25, -0.2) is 9.97 Å². The molecule has 3 nitrogen and oxygen atoms in total. The van der Waals surface area contributed by atoms with Crippen LogP contribution in [0.5, 0.6) is 0 Å². The van der Waals surface area contributed by atoms with Crippen LogP contribution in [-0.2, 0) is 0 Å². The zero-order valence-electron chi connectivity index (χ0n) is 10.7. The number of nitrogens with one attached hydrogen (secondary N) is 1. The Bertz CT molecular complexity index is 337. The second kappa shape index (κ2) is 6.24. The molecule has 1 heterocycles. The van der Waals surface area contributed by atoms with Crippen molar-refractivity contribution in [1.29, 1.82) is 0 Å². The fourth-order valence-corrected chi connectivity index (χ4v) is 2.36. The van der Waals surface area contributed by atoms with Crippen molar-refractivity contribution in [2.45, 2.75) is 50.5 Å². The molecule has 4 heteroatoms. The molecule has 1 aliphatic rings. The van der Waals surface area contributed by atoms with Crippen molar-refractivity contribution in [2.75, 3.05) is 17.6 Å². The van der Waals surface area contributed by atoms with Gasteiger partial charge >= 0.3 is 0 Å². The first kappa shape index (κ1) is 12.7. The first-order valence-corrected chi connectivity index (χ1v) is 7.57. The number of thioether (sulfide) groups is 1. The molecule has 0 bridgehead atoms. The molecular weight excluding hydrogens is 230 g/mol. The van der Waals surface area contributed by atoms with Gasteiger partial charge in [0, 0.05) is 18.5 Å². The normalized spacial score (nSPS) is 14.9. The molecule has 1 fully saturated rings. The minimum absolute atomic E-state index is 0.624. The van der Waals surface area contributed by atoms with E-state index in [0.717, 1.165) is 35.4 Å². The van der Waals surface area contributed by atoms with Crippen molar-refractivity contribution >= 4 is 17.6 Å². The molecule has 0 aliphatic heterocycles. The molecule has 94 valence electrons. The van der Waals surface area contributed by atoms with E-state index in [4.69, 9.17) is 0 Å². The van der Waals surface area contributed by atoms with Crippen LogP contribution >= 0.6 is 11.8 Å². The van der Waals surface area contributed by atoms with Crippen LogP contribution in [0.15, 0.2) is 11.1 Å². The van der Waals surface area contributed by atoms with Crippen molar-refractivity contribution in [2.24, 2.45) is 0 Å². The summed E-state index contributed by atoms with van der Waals surface area (Å²) in [5, 5.41) is 4.50. The Morgan fingerprint density at radius 2 is 2.12 bits per heavy atom. The third-order valence-electron chi connectivity index (χ3n) is 2.67. The zero-order chi connectivity index (χ0) is 12.1. The van der Waals surface area contributed by atoms with Gasteiger partial charge in [-0.1, -0.05) is 13.8 Å². The Balaban J connectivity index is 2.10. The van der Waals surface area contributed by atoms with E-state index in [9.17, 15) is 0 Å². The summed E-state index contributed by atoms with van der Waals surface area (Å²) in [5.74, 6) is 3.81. The molecule has 1 aromatic rings. The molecule has 1 aliphatic carbocycles. The topological polar surface area (TPSA) is 37.8 Å². The second-order valence-corrected chi connectivity index (χ2v) is 5.61. The van der Waals surface area contributed by atoms with Gasteiger partial charge in [0.25, 0.3) is 0 Å². The van der Waals surface area contributed by atoms with E-state index in [1.54, 1.807) is 0 Å². The average molecular weight is 251 g/mol. The first-order chi connectivity index (χ1) is 8.33. The summed E-state index contributed by atoms with van der Waals surface area (Å²) in [4.78, 5) is 9.26. The van der Waals surface area contributed by atoms with Gasteiger partial charge in [0.15, 0.2) is 0 Å². The molecule has 1 saturated carbocycles. The third kappa shape index (κ3) is 3.87. The minimum atomic E-state index is 0.624. The SMILES string of the molecule is CCCNc1cc(SCCC)nc(C2CC2)n1. The van der Waals surface area contributed by atoms with Crippen LogP contribution in [0.3, 0.4) is 0 Å². The quantitative estimate of drug-likeness (QED) is 0.592. The highest BCUT2D eigenvalue weighted by molar-refractivity contribution is 7.99. The lowest BCUT2D eigenvalue weighted by atomic mass is 10.4. The summed E-state index contributed by atoms with van der Waals surface area (Å²) >= 11 is 1.84. The summed E-state index contributed by atoms with van der Waals surface area (Å²) in [6.45, 7) is 5.36. The molecule has 17 heavy (non-hydrogen) atoms. The van der Waals surface area contributed by atoms with Crippen molar-refractivity contribution in [3.05, 3.63) is 11.9 Å². The Morgan fingerprint density at radius 3 is 2.76 bits per heavy atom. The molecule has 0 spiro atoms. The van der Waals surface area contributed by atoms with Gasteiger partial charge in [-0.2, -0.15) is 0 Å². The lowest BCUT2D eigenvalue weighted by Gasteiger charge is -2.08. The summed E-state index contributed by atoms with van der Waals surface area (Å²) < 4.78 is 0. The van der Waals surface area contributed by atoms with E-state index in [1.807, 2.05) is 11.8 Å². The summed E-state index contributed by atoms with van der Waals surface area (Å²) in [5.41, 5.74) is 0. The van der Waals surface area contributed by atoms with Crippen LogP contribution in [-0.4, -0.2) is 22.3 Å². The van der Waals surface area contributed by atoms with E-state index >= 15 is 0 Å². The molecule has 1 N–H and O–H groups in total. The molecule has 0 aromatic carbocycles. The van der Waals surface area contributed by atoms with E-state index in [-0.39, 0.29) is 0 Å². The molecule has 0 radical (unpaired) electrons. The maximum absolute atomic E-state index is 4.65. The molecule has 0 amide bonds.